The van der Waals surface area contributed by atoms with Gasteiger partial charge in [-0.15, -0.1) is 0 Å². The summed E-state index contributed by atoms with van der Waals surface area (Å²) >= 11 is 0. The van der Waals surface area contributed by atoms with Crippen LogP contribution >= 0.6 is 0 Å². The lowest BCUT2D eigenvalue weighted by molar-refractivity contribution is -0.132. The fourth-order valence-corrected chi connectivity index (χ4v) is 3.54. The molecule has 3 N–H and O–H groups in total. The van der Waals surface area contributed by atoms with Gasteiger partial charge in [-0.25, -0.2) is 0 Å². The molecule has 0 aromatic carbocycles. The first-order valence-electron chi connectivity index (χ1n) is 8.88. The van der Waals surface area contributed by atoms with Gasteiger partial charge in [0.2, 0.25) is 5.91 Å². The summed E-state index contributed by atoms with van der Waals surface area (Å²) in [5.74, 6) is 1.40. The van der Waals surface area contributed by atoms with Crippen molar-refractivity contribution in [1.29, 1.82) is 0 Å². The van der Waals surface area contributed by atoms with Crippen molar-refractivity contribution in [3.05, 3.63) is 0 Å². The largest absolute Gasteiger partial charge is 0.364 e. The van der Waals surface area contributed by atoms with Crippen molar-refractivity contribution in [1.82, 2.24) is 10.2 Å². The smallest absolute Gasteiger partial charge is 0.249 e. The minimum Gasteiger partial charge on any atom is -0.364 e. The molecule has 0 aromatic heterocycles. The number of amides is 1. The van der Waals surface area contributed by atoms with Crippen molar-refractivity contribution >= 4 is 5.91 Å². The molecule has 0 spiro atoms. The number of nitrogens with two attached hydrogens (primary N) is 1. The topological polar surface area (TPSA) is 67.6 Å². The molecule has 2 aliphatic rings. The van der Waals surface area contributed by atoms with Crippen LogP contribution in [0.3, 0.4) is 0 Å². The monoisotopic (exact) mass is 311 g/mol. The molecule has 2 saturated heterocycles. The first-order chi connectivity index (χ1) is 10.5. The Morgan fingerprint density at radius 3 is 2.50 bits per heavy atom. The van der Waals surface area contributed by atoms with E-state index in [0.29, 0.717) is 18.5 Å². The maximum atomic E-state index is 12.3. The zero-order valence-corrected chi connectivity index (χ0v) is 14.4. The summed E-state index contributed by atoms with van der Waals surface area (Å²) < 4.78 is 5.67. The molecular weight excluding hydrogens is 278 g/mol. The molecule has 2 rings (SSSR count). The Morgan fingerprint density at radius 2 is 1.95 bits per heavy atom. The lowest BCUT2D eigenvalue weighted by atomic mass is 9.94. The van der Waals surface area contributed by atoms with E-state index in [1.165, 1.54) is 12.8 Å². The predicted molar refractivity (Wildman–Crippen MR) is 88.6 cm³/mol. The highest BCUT2D eigenvalue weighted by molar-refractivity contribution is 5.81. The van der Waals surface area contributed by atoms with Gasteiger partial charge >= 0.3 is 0 Å². The molecule has 0 bridgehead atoms. The molecule has 128 valence electrons. The molecule has 5 heteroatoms. The van der Waals surface area contributed by atoms with Gasteiger partial charge in [-0.2, -0.15) is 0 Å². The second-order valence-corrected chi connectivity index (χ2v) is 7.33. The van der Waals surface area contributed by atoms with Crippen molar-refractivity contribution in [2.45, 2.75) is 64.7 Å². The third kappa shape index (κ3) is 4.67. The fraction of sp³-hybridized carbons (Fsp3) is 0.941. The van der Waals surface area contributed by atoms with Gasteiger partial charge in [0, 0.05) is 19.1 Å². The highest BCUT2D eigenvalue weighted by Gasteiger charge is 2.31. The molecule has 1 unspecified atom stereocenters. The zero-order chi connectivity index (χ0) is 16.1. The number of piperidine rings is 1. The van der Waals surface area contributed by atoms with Gasteiger partial charge < -0.3 is 15.8 Å². The highest BCUT2D eigenvalue weighted by atomic mass is 16.5. The van der Waals surface area contributed by atoms with E-state index in [2.05, 4.69) is 31.0 Å². The molecule has 0 saturated carbocycles. The number of hydrogen-bond donors (Lipinski definition) is 2. The van der Waals surface area contributed by atoms with Crippen LogP contribution in [0, 0.1) is 11.8 Å². The van der Waals surface area contributed by atoms with E-state index in [1.54, 1.807) is 0 Å². The van der Waals surface area contributed by atoms with E-state index in [-0.39, 0.29) is 18.1 Å². The Kier molecular flexibility index (Phi) is 6.66. The number of carbonyl (C=O) groups is 1. The van der Waals surface area contributed by atoms with Crippen molar-refractivity contribution in [3.63, 3.8) is 0 Å². The van der Waals surface area contributed by atoms with Crippen LogP contribution in [0.1, 0.15) is 46.5 Å². The van der Waals surface area contributed by atoms with Gasteiger partial charge in [0.05, 0.1) is 6.10 Å². The van der Waals surface area contributed by atoms with Gasteiger partial charge in [-0.3, -0.25) is 9.69 Å². The lowest BCUT2D eigenvalue weighted by Gasteiger charge is -2.39. The van der Waals surface area contributed by atoms with E-state index in [0.717, 1.165) is 38.4 Å². The van der Waals surface area contributed by atoms with Gasteiger partial charge in [-0.1, -0.05) is 20.8 Å². The number of rotatable bonds is 6. The van der Waals surface area contributed by atoms with E-state index < -0.39 is 0 Å². The molecular formula is C17H33N3O2. The summed E-state index contributed by atoms with van der Waals surface area (Å²) in [4.78, 5) is 14.8. The Bertz CT molecular complexity index is 354. The fourth-order valence-electron chi connectivity index (χ4n) is 3.54. The standard InChI is InChI=1S/C17H33N3O2/c1-12(2)15(20-8-6-13(3)7-9-20)11-19-17(21)16-5-4-14(10-18)22-16/h12-16H,4-11,18H2,1-3H3,(H,19,21)/t14-,15?,16+/m1/s1. The Hall–Kier alpha value is -0.650. The average Bonchev–Trinajstić information content (AvgIpc) is 2.98. The van der Waals surface area contributed by atoms with Crippen LogP contribution in [0.5, 0.6) is 0 Å². The SMILES string of the molecule is CC1CCN(C(CNC(=O)[C@@H]2CC[C@H](CN)O2)C(C)C)CC1. The molecule has 2 fully saturated rings. The molecule has 5 nitrogen and oxygen atoms in total. The Labute approximate surface area is 134 Å². The third-order valence-electron chi connectivity index (χ3n) is 5.21. The van der Waals surface area contributed by atoms with E-state index in [4.69, 9.17) is 10.5 Å². The Morgan fingerprint density at radius 1 is 1.27 bits per heavy atom. The van der Waals surface area contributed by atoms with Gasteiger partial charge in [0.15, 0.2) is 0 Å². The summed E-state index contributed by atoms with van der Waals surface area (Å²) in [6.07, 6.45) is 3.97. The van der Waals surface area contributed by atoms with E-state index in [9.17, 15) is 4.79 Å². The number of ether oxygens (including phenoxy) is 1. The molecule has 22 heavy (non-hydrogen) atoms. The number of nitrogens with one attached hydrogen (secondary N) is 1. The molecule has 1 amide bonds. The number of likely N-dealkylation sites (tertiary alicyclic amines) is 1. The minimum atomic E-state index is -0.303. The molecule has 0 aromatic rings. The predicted octanol–water partition coefficient (Wildman–Crippen LogP) is 1.37. The normalized spacial score (nSPS) is 29.0. The van der Waals surface area contributed by atoms with Crippen LogP contribution in [-0.4, -0.2) is 55.2 Å². The molecule has 2 aliphatic heterocycles. The van der Waals surface area contributed by atoms with Crippen LogP contribution in [0.4, 0.5) is 0 Å². The lowest BCUT2D eigenvalue weighted by Crippen LogP contribution is -2.51. The van der Waals surface area contributed by atoms with Crippen LogP contribution in [0.15, 0.2) is 0 Å². The zero-order valence-electron chi connectivity index (χ0n) is 14.4. The molecule has 3 atom stereocenters. The minimum absolute atomic E-state index is 0.0342. The third-order valence-corrected chi connectivity index (χ3v) is 5.21. The second kappa shape index (κ2) is 8.27. The second-order valence-electron chi connectivity index (χ2n) is 7.33. The first-order valence-corrected chi connectivity index (χ1v) is 8.88. The number of carbonyl (C=O) groups excluding carboxylic acids is 1. The van der Waals surface area contributed by atoms with Crippen molar-refractivity contribution < 1.29 is 9.53 Å². The van der Waals surface area contributed by atoms with Crippen molar-refractivity contribution in [2.75, 3.05) is 26.2 Å². The maximum Gasteiger partial charge on any atom is 0.249 e. The first kappa shape index (κ1) is 17.7. The van der Waals surface area contributed by atoms with E-state index in [1.807, 2.05) is 0 Å². The van der Waals surface area contributed by atoms with Crippen LogP contribution < -0.4 is 11.1 Å². The van der Waals surface area contributed by atoms with Crippen LogP contribution in [0.2, 0.25) is 0 Å². The quantitative estimate of drug-likeness (QED) is 0.777. The highest BCUT2D eigenvalue weighted by Crippen LogP contribution is 2.22. The molecule has 0 radical (unpaired) electrons. The van der Waals surface area contributed by atoms with Crippen molar-refractivity contribution in [3.8, 4) is 0 Å². The van der Waals surface area contributed by atoms with Gasteiger partial charge in [0.1, 0.15) is 6.10 Å². The van der Waals surface area contributed by atoms with Crippen LogP contribution in [0.25, 0.3) is 0 Å². The Balaban J connectivity index is 1.80. The number of hydrogen-bond acceptors (Lipinski definition) is 4. The molecule has 2 heterocycles. The number of nitrogens with zero attached hydrogens (tertiary/aromatic N) is 1. The van der Waals surface area contributed by atoms with Gasteiger partial charge in [-0.05, 0) is 50.6 Å². The molecule has 0 aliphatic carbocycles. The summed E-state index contributed by atoms with van der Waals surface area (Å²) in [7, 11) is 0. The van der Waals surface area contributed by atoms with Gasteiger partial charge in [0.25, 0.3) is 0 Å². The summed E-state index contributed by atoms with van der Waals surface area (Å²) in [6, 6.07) is 0.420. The maximum absolute atomic E-state index is 12.3. The average molecular weight is 311 g/mol. The van der Waals surface area contributed by atoms with Crippen LogP contribution in [-0.2, 0) is 9.53 Å². The summed E-state index contributed by atoms with van der Waals surface area (Å²) in [5.41, 5.74) is 5.60. The summed E-state index contributed by atoms with van der Waals surface area (Å²) in [5, 5.41) is 3.11. The van der Waals surface area contributed by atoms with E-state index >= 15 is 0 Å². The van der Waals surface area contributed by atoms with Crippen molar-refractivity contribution in [2.24, 2.45) is 17.6 Å². The summed E-state index contributed by atoms with van der Waals surface area (Å²) in [6.45, 7) is 10.3.